The number of sulfonamides is 1. The molecule has 1 aromatic heterocycles. The van der Waals surface area contributed by atoms with Crippen LogP contribution >= 0.6 is 0 Å². The first kappa shape index (κ1) is 21.7. The fourth-order valence-electron chi connectivity index (χ4n) is 3.66. The zero-order valence-electron chi connectivity index (χ0n) is 17.9. The smallest absolute Gasteiger partial charge is 0.232 e. The molecule has 3 aromatic carbocycles. The van der Waals surface area contributed by atoms with Crippen molar-refractivity contribution >= 4 is 49.2 Å². The molecule has 0 aliphatic rings. The molecule has 0 spiro atoms. The number of methoxy groups -OCH3 is 1. The van der Waals surface area contributed by atoms with E-state index in [0.29, 0.717) is 29.1 Å². The van der Waals surface area contributed by atoms with Crippen molar-refractivity contribution in [3.05, 3.63) is 66.7 Å². The molecule has 0 radical (unpaired) electrons. The number of fused-ring (bicyclic) bond motifs is 3. The van der Waals surface area contributed by atoms with Gasteiger partial charge in [-0.3, -0.25) is 9.10 Å². The van der Waals surface area contributed by atoms with Gasteiger partial charge in [0.25, 0.3) is 0 Å². The van der Waals surface area contributed by atoms with Gasteiger partial charge in [0, 0.05) is 41.6 Å². The average Bonchev–Trinajstić information content (AvgIpc) is 3.13. The van der Waals surface area contributed by atoms with E-state index in [2.05, 4.69) is 5.32 Å². The van der Waals surface area contributed by atoms with Crippen molar-refractivity contribution in [1.29, 1.82) is 0 Å². The van der Waals surface area contributed by atoms with Gasteiger partial charge < -0.3 is 14.5 Å². The average molecular weight is 453 g/mol. The van der Waals surface area contributed by atoms with Gasteiger partial charge in [-0.15, -0.1) is 0 Å². The SMILES string of the molecule is COc1cccc(N(CCCC(=O)Nc2ccc3c(c2)oc2ccccc23)S(C)(=O)=O)c1. The van der Waals surface area contributed by atoms with E-state index < -0.39 is 10.0 Å². The molecule has 7 nitrogen and oxygen atoms in total. The molecular weight excluding hydrogens is 428 g/mol. The lowest BCUT2D eigenvalue weighted by atomic mass is 10.1. The number of nitrogens with zero attached hydrogens (tertiary/aromatic N) is 1. The topological polar surface area (TPSA) is 88.8 Å². The van der Waals surface area contributed by atoms with Crippen LogP contribution in [0.1, 0.15) is 12.8 Å². The lowest BCUT2D eigenvalue weighted by Crippen LogP contribution is -2.31. The predicted octanol–water partition coefficient (Wildman–Crippen LogP) is 4.78. The fourth-order valence-corrected chi connectivity index (χ4v) is 4.62. The zero-order valence-corrected chi connectivity index (χ0v) is 18.7. The zero-order chi connectivity index (χ0) is 22.7. The molecule has 8 heteroatoms. The summed E-state index contributed by atoms with van der Waals surface area (Å²) >= 11 is 0. The first-order valence-electron chi connectivity index (χ1n) is 10.2. The van der Waals surface area contributed by atoms with Crippen LogP contribution in [0.2, 0.25) is 0 Å². The van der Waals surface area contributed by atoms with Crippen LogP contribution in [-0.2, 0) is 14.8 Å². The Kier molecular flexibility index (Phi) is 6.05. The van der Waals surface area contributed by atoms with Gasteiger partial charge in [-0.05, 0) is 36.8 Å². The largest absolute Gasteiger partial charge is 0.497 e. The lowest BCUT2D eigenvalue weighted by molar-refractivity contribution is -0.116. The van der Waals surface area contributed by atoms with Gasteiger partial charge in [0.2, 0.25) is 15.9 Å². The van der Waals surface area contributed by atoms with Gasteiger partial charge in [0.1, 0.15) is 16.9 Å². The number of benzene rings is 3. The number of hydrogen-bond acceptors (Lipinski definition) is 5. The highest BCUT2D eigenvalue weighted by atomic mass is 32.2. The molecule has 0 bridgehead atoms. The quantitative estimate of drug-likeness (QED) is 0.416. The molecule has 0 saturated carbocycles. The Labute approximate surface area is 186 Å². The van der Waals surface area contributed by atoms with E-state index in [0.717, 1.165) is 22.6 Å². The van der Waals surface area contributed by atoms with Crippen LogP contribution in [0, 0.1) is 0 Å². The van der Waals surface area contributed by atoms with Gasteiger partial charge in [-0.2, -0.15) is 0 Å². The van der Waals surface area contributed by atoms with Crippen LogP contribution in [-0.4, -0.2) is 34.2 Å². The van der Waals surface area contributed by atoms with Crippen LogP contribution in [0.15, 0.2) is 71.1 Å². The van der Waals surface area contributed by atoms with Crippen LogP contribution in [0.5, 0.6) is 5.75 Å². The number of rotatable bonds is 8. The third-order valence-electron chi connectivity index (χ3n) is 5.17. The minimum absolute atomic E-state index is 0.175. The fraction of sp³-hybridized carbons (Fsp3) is 0.208. The monoisotopic (exact) mass is 452 g/mol. The summed E-state index contributed by atoms with van der Waals surface area (Å²) in [4.78, 5) is 12.5. The summed E-state index contributed by atoms with van der Waals surface area (Å²) in [5.41, 5.74) is 2.63. The van der Waals surface area contributed by atoms with E-state index in [9.17, 15) is 13.2 Å². The molecule has 0 unspecified atom stereocenters. The Morgan fingerprint density at radius 1 is 1.00 bits per heavy atom. The van der Waals surface area contributed by atoms with Gasteiger partial charge in [-0.1, -0.05) is 24.3 Å². The van der Waals surface area contributed by atoms with Gasteiger partial charge in [0.05, 0.1) is 19.1 Å². The number of amides is 1. The summed E-state index contributed by atoms with van der Waals surface area (Å²) in [6.45, 7) is 0.183. The number of para-hydroxylation sites is 1. The molecule has 0 saturated heterocycles. The summed E-state index contributed by atoms with van der Waals surface area (Å²) in [5, 5.41) is 4.88. The van der Waals surface area contributed by atoms with E-state index in [1.54, 1.807) is 30.3 Å². The molecule has 32 heavy (non-hydrogen) atoms. The van der Waals surface area contributed by atoms with E-state index >= 15 is 0 Å². The molecule has 166 valence electrons. The Bertz CT molecular complexity index is 1380. The summed E-state index contributed by atoms with van der Waals surface area (Å²) in [5.74, 6) is 0.370. The van der Waals surface area contributed by atoms with Crippen LogP contribution < -0.4 is 14.4 Å². The Hall–Kier alpha value is -3.52. The number of hydrogen-bond donors (Lipinski definition) is 1. The van der Waals surface area contributed by atoms with Crippen LogP contribution in [0.4, 0.5) is 11.4 Å². The third kappa shape index (κ3) is 4.70. The highest BCUT2D eigenvalue weighted by Gasteiger charge is 2.18. The Balaban J connectivity index is 1.41. The maximum Gasteiger partial charge on any atom is 0.232 e. The maximum atomic E-state index is 12.5. The molecule has 4 rings (SSSR count). The second-order valence-corrected chi connectivity index (χ2v) is 9.40. The van der Waals surface area contributed by atoms with Crippen molar-refractivity contribution < 1.29 is 22.4 Å². The van der Waals surface area contributed by atoms with Crippen molar-refractivity contribution in [1.82, 2.24) is 0 Å². The number of carbonyl (C=O) groups excluding carboxylic acids is 1. The van der Waals surface area contributed by atoms with Crippen molar-refractivity contribution in [2.75, 3.05) is 29.5 Å². The van der Waals surface area contributed by atoms with Crippen molar-refractivity contribution in [3.63, 3.8) is 0 Å². The lowest BCUT2D eigenvalue weighted by Gasteiger charge is -2.22. The van der Waals surface area contributed by atoms with Gasteiger partial charge in [0.15, 0.2) is 0 Å². The number of carbonyl (C=O) groups is 1. The van der Waals surface area contributed by atoms with Gasteiger partial charge >= 0.3 is 0 Å². The Morgan fingerprint density at radius 3 is 2.56 bits per heavy atom. The minimum atomic E-state index is -3.50. The summed E-state index contributed by atoms with van der Waals surface area (Å²) < 4.78 is 36.9. The highest BCUT2D eigenvalue weighted by Crippen LogP contribution is 2.30. The van der Waals surface area contributed by atoms with Crippen LogP contribution in [0.3, 0.4) is 0 Å². The molecule has 0 aliphatic heterocycles. The summed E-state index contributed by atoms with van der Waals surface area (Å²) in [7, 11) is -1.98. The third-order valence-corrected chi connectivity index (χ3v) is 6.36. The first-order chi connectivity index (χ1) is 15.3. The summed E-state index contributed by atoms with van der Waals surface area (Å²) in [6, 6.07) is 20.2. The van der Waals surface area contributed by atoms with Crippen molar-refractivity contribution in [2.24, 2.45) is 0 Å². The number of anilines is 2. The Morgan fingerprint density at radius 2 is 1.78 bits per heavy atom. The molecule has 0 fully saturated rings. The van der Waals surface area contributed by atoms with E-state index in [-0.39, 0.29) is 18.9 Å². The molecule has 0 aliphatic carbocycles. The van der Waals surface area contributed by atoms with Crippen molar-refractivity contribution in [3.8, 4) is 5.75 Å². The number of furan rings is 1. The highest BCUT2D eigenvalue weighted by molar-refractivity contribution is 7.92. The number of ether oxygens (including phenoxy) is 1. The number of nitrogens with one attached hydrogen (secondary N) is 1. The minimum Gasteiger partial charge on any atom is -0.497 e. The van der Waals surface area contributed by atoms with E-state index in [1.807, 2.05) is 36.4 Å². The molecule has 4 aromatic rings. The normalized spacial score (nSPS) is 11.6. The van der Waals surface area contributed by atoms with Crippen LogP contribution in [0.25, 0.3) is 21.9 Å². The van der Waals surface area contributed by atoms with E-state index in [1.165, 1.54) is 11.4 Å². The second kappa shape index (κ2) is 8.92. The molecule has 1 amide bonds. The summed E-state index contributed by atoms with van der Waals surface area (Å²) in [6.07, 6.45) is 1.69. The second-order valence-electron chi connectivity index (χ2n) is 7.50. The molecular formula is C24H24N2O5S. The molecule has 0 atom stereocenters. The van der Waals surface area contributed by atoms with Gasteiger partial charge in [-0.25, -0.2) is 8.42 Å². The standard InChI is InChI=1S/C24H24N2O5S/c1-30-19-8-5-7-18(16-19)26(32(2,28)29)14-6-11-24(27)25-17-12-13-21-20-9-3-4-10-22(20)31-23(21)15-17/h3-5,7-10,12-13,15-16H,6,11,14H2,1-2H3,(H,25,27). The predicted molar refractivity (Wildman–Crippen MR) is 127 cm³/mol. The molecule has 1 N–H and O–H groups in total. The maximum absolute atomic E-state index is 12.5. The van der Waals surface area contributed by atoms with E-state index in [4.69, 9.17) is 9.15 Å². The molecule has 1 heterocycles. The first-order valence-corrected chi connectivity index (χ1v) is 12.0. The van der Waals surface area contributed by atoms with Crippen molar-refractivity contribution in [2.45, 2.75) is 12.8 Å².